The van der Waals surface area contributed by atoms with E-state index in [1.165, 1.54) is 12.3 Å². The zero-order valence-corrected chi connectivity index (χ0v) is 10.2. The van der Waals surface area contributed by atoms with Crippen molar-refractivity contribution < 1.29 is 14.3 Å². The summed E-state index contributed by atoms with van der Waals surface area (Å²) in [5.41, 5.74) is 0.416. The summed E-state index contributed by atoms with van der Waals surface area (Å²) in [5, 5.41) is 0.0231. The number of hydrogen-bond donors (Lipinski definition) is 0. The lowest BCUT2D eigenvalue weighted by Crippen LogP contribution is -2.14. The molecule has 0 aliphatic heterocycles. The van der Waals surface area contributed by atoms with Crippen LogP contribution >= 0.6 is 11.6 Å². The molecular weight excluding hydrogens is 242 g/mol. The zero-order chi connectivity index (χ0) is 12.4. The molecule has 1 aromatic heterocycles. The first kappa shape index (κ1) is 12.0. The van der Waals surface area contributed by atoms with Crippen LogP contribution in [0.3, 0.4) is 0 Å². The van der Waals surface area contributed by atoms with Crippen LogP contribution in [0.1, 0.15) is 40.5 Å². The summed E-state index contributed by atoms with van der Waals surface area (Å²) in [5.74, 6) is -0.603. The van der Waals surface area contributed by atoms with E-state index < -0.39 is 5.97 Å². The molecule has 17 heavy (non-hydrogen) atoms. The van der Waals surface area contributed by atoms with E-state index in [1.54, 1.807) is 6.92 Å². The first-order chi connectivity index (χ1) is 8.15. The minimum atomic E-state index is -0.588. The van der Waals surface area contributed by atoms with Crippen molar-refractivity contribution in [3.63, 3.8) is 0 Å². The standard InChI is InChI=1S/C12H12ClNO3/c1-2-17-12(16)9-8(5-6-14-11(9)13)10(15)7-3-4-7/h5-7H,2-4H2,1H3. The van der Waals surface area contributed by atoms with E-state index >= 15 is 0 Å². The maximum absolute atomic E-state index is 12.0. The van der Waals surface area contributed by atoms with Gasteiger partial charge in [0.05, 0.1) is 6.61 Å². The number of Topliss-reactive ketones (excluding diaryl/α,β-unsaturated/α-hetero) is 1. The van der Waals surface area contributed by atoms with Gasteiger partial charge in [0.1, 0.15) is 10.7 Å². The number of esters is 1. The maximum Gasteiger partial charge on any atom is 0.342 e. The molecule has 0 unspecified atom stereocenters. The molecule has 1 heterocycles. The lowest BCUT2D eigenvalue weighted by atomic mass is 10.0. The smallest absolute Gasteiger partial charge is 0.342 e. The van der Waals surface area contributed by atoms with Crippen molar-refractivity contribution in [2.75, 3.05) is 6.61 Å². The highest BCUT2D eigenvalue weighted by atomic mass is 35.5. The van der Waals surface area contributed by atoms with Crippen molar-refractivity contribution in [2.24, 2.45) is 5.92 Å². The molecule has 4 nitrogen and oxygen atoms in total. The number of ketones is 1. The number of hydrogen-bond acceptors (Lipinski definition) is 4. The van der Waals surface area contributed by atoms with Gasteiger partial charge in [-0.2, -0.15) is 0 Å². The lowest BCUT2D eigenvalue weighted by Gasteiger charge is -2.08. The second kappa shape index (κ2) is 4.84. The maximum atomic E-state index is 12.0. The second-order valence-corrected chi connectivity index (χ2v) is 4.24. The van der Waals surface area contributed by atoms with E-state index in [2.05, 4.69) is 4.98 Å². The number of carbonyl (C=O) groups is 2. The number of pyridine rings is 1. The van der Waals surface area contributed by atoms with Crippen LogP contribution in [0.4, 0.5) is 0 Å². The monoisotopic (exact) mass is 253 g/mol. The van der Waals surface area contributed by atoms with E-state index in [1.807, 2.05) is 0 Å². The molecule has 0 saturated heterocycles. The van der Waals surface area contributed by atoms with Crippen LogP contribution in [-0.4, -0.2) is 23.3 Å². The quantitative estimate of drug-likeness (QED) is 0.470. The first-order valence-corrected chi connectivity index (χ1v) is 5.88. The third-order valence-electron chi connectivity index (χ3n) is 2.60. The van der Waals surface area contributed by atoms with E-state index in [4.69, 9.17) is 16.3 Å². The summed E-state index contributed by atoms with van der Waals surface area (Å²) in [7, 11) is 0. The van der Waals surface area contributed by atoms with Gasteiger partial charge in [-0.05, 0) is 25.8 Å². The molecule has 1 aliphatic carbocycles. The number of nitrogens with zero attached hydrogens (tertiary/aromatic N) is 1. The van der Waals surface area contributed by atoms with Crippen LogP contribution in [0, 0.1) is 5.92 Å². The van der Waals surface area contributed by atoms with Gasteiger partial charge >= 0.3 is 5.97 Å². The van der Waals surface area contributed by atoms with Crippen molar-refractivity contribution in [2.45, 2.75) is 19.8 Å². The Balaban J connectivity index is 2.40. The Kier molecular flexibility index (Phi) is 3.43. The highest BCUT2D eigenvalue weighted by Gasteiger charge is 2.34. The van der Waals surface area contributed by atoms with Crippen LogP contribution < -0.4 is 0 Å². The van der Waals surface area contributed by atoms with Gasteiger partial charge in [-0.25, -0.2) is 9.78 Å². The Morgan fingerprint density at radius 3 is 2.82 bits per heavy atom. The van der Waals surface area contributed by atoms with Gasteiger partial charge in [-0.1, -0.05) is 11.6 Å². The minimum absolute atomic E-state index is 0.0231. The molecule has 0 N–H and O–H groups in total. The molecular formula is C12H12ClNO3. The zero-order valence-electron chi connectivity index (χ0n) is 9.40. The molecule has 0 radical (unpaired) electrons. The average molecular weight is 254 g/mol. The molecule has 0 bridgehead atoms. The van der Waals surface area contributed by atoms with Crippen molar-refractivity contribution in [3.05, 3.63) is 28.5 Å². The number of ether oxygens (including phenoxy) is 1. The SMILES string of the molecule is CCOC(=O)c1c(C(=O)C2CC2)ccnc1Cl. The largest absolute Gasteiger partial charge is 0.462 e. The van der Waals surface area contributed by atoms with Gasteiger partial charge in [0, 0.05) is 17.7 Å². The lowest BCUT2D eigenvalue weighted by molar-refractivity contribution is 0.0522. The van der Waals surface area contributed by atoms with Gasteiger partial charge in [-0.15, -0.1) is 0 Å². The number of halogens is 1. The molecule has 90 valence electrons. The third-order valence-corrected chi connectivity index (χ3v) is 2.88. The predicted molar refractivity (Wildman–Crippen MR) is 62.3 cm³/mol. The molecule has 1 fully saturated rings. The van der Waals surface area contributed by atoms with E-state index in [0.717, 1.165) is 12.8 Å². The summed E-state index contributed by atoms with van der Waals surface area (Å²) in [6, 6.07) is 1.53. The third kappa shape index (κ3) is 2.47. The average Bonchev–Trinajstić information content (AvgIpc) is 3.11. The Labute approximate surface area is 104 Å². The topological polar surface area (TPSA) is 56.3 Å². The first-order valence-electron chi connectivity index (χ1n) is 5.51. The Morgan fingerprint density at radius 2 is 2.24 bits per heavy atom. The van der Waals surface area contributed by atoms with E-state index in [0.29, 0.717) is 5.56 Å². The van der Waals surface area contributed by atoms with Crippen molar-refractivity contribution in [1.29, 1.82) is 0 Å². The van der Waals surface area contributed by atoms with Crippen molar-refractivity contribution >= 4 is 23.4 Å². The minimum Gasteiger partial charge on any atom is -0.462 e. The fourth-order valence-electron chi connectivity index (χ4n) is 1.60. The predicted octanol–water partition coefficient (Wildman–Crippen LogP) is 2.50. The molecule has 0 spiro atoms. The summed E-state index contributed by atoms with van der Waals surface area (Å²) < 4.78 is 4.88. The Hall–Kier alpha value is -1.42. The highest BCUT2D eigenvalue weighted by Crippen LogP contribution is 2.34. The van der Waals surface area contributed by atoms with Crippen LogP contribution in [-0.2, 0) is 4.74 Å². The van der Waals surface area contributed by atoms with Crippen LogP contribution in [0.25, 0.3) is 0 Å². The highest BCUT2D eigenvalue weighted by molar-refractivity contribution is 6.33. The fourth-order valence-corrected chi connectivity index (χ4v) is 1.84. The van der Waals surface area contributed by atoms with E-state index in [9.17, 15) is 9.59 Å². The molecule has 5 heteroatoms. The molecule has 1 aliphatic rings. The molecule has 0 amide bonds. The van der Waals surface area contributed by atoms with Crippen molar-refractivity contribution in [1.82, 2.24) is 4.98 Å². The fraction of sp³-hybridized carbons (Fsp3) is 0.417. The number of rotatable bonds is 4. The van der Waals surface area contributed by atoms with Gasteiger partial charge in [0.15, 0.2) is 5.78 Å². The molecule has 1 aromatic rings. The molecule has 2 rings (SSSR count). The normalized spacial score (nSPS) is 14.5. The number of carbonyl (C=O) groups excluding carboxylic acids is 2. The van der Waals surface area contributed by atoms with Gasteiger partial charge < -0.3 is 4.74 Å². The van der Waals surface area contributed by atoms with Crippen LogP contribution in [0.15, 0.2) is 12.3 Å². The summed E-state index contributed by atoms with van der Waals surface area (Å²) in [6.45, 7) is 1.94. The molecule has 0 atom stereocenters. The molecule has 1 saturated carbocycles. The molecule has 0 aromatic carbocycles. The van der Waals surface area contributed by atoms with Gasteiger partial charge in [-0.3, -0.25) is 4.79 Å². The Bertz CT molecular complexity index is 469. The summed E-state index contributed by atoms with van der Waals surface area (Å²) >= 11 is 5.86. The van der Waals surface area contributed by atoms with Gasteiger partial charge in [0.25, 0.3) is 0 Å². The summed E-state index contributed by atoms with van der Waals surface area (Å²) in [6.07, 6.45) is 3.18. The van der Waals surface area contributed by atoms with Crippen molar-refractivity contribution in [3.8, 4) is 0 Å². The van der Waals surface area contributed by atoms with Crippen LogP contribution in [0.2, 0.25) is 5.15 Å². The van der Waals surface area contributed by atoms with Gasteiger partial charge in [0.2, 0.25) is 0 Å². The summed E-state index contributed by atoms with van der Waals surface area (Å²) in [4.78, 5) is 27.5. The van der Waals surface area contributed by atoms with Crippen LogP contribution in [0.5, 0.6) is 0 Å². The number of aromatic nitrogens is 1. The van der Waals surface area contributed by atoms with E-state index in [-0.39, 0.29) is 29.0 Å². The second-order valence-electron chi connectivity index (χ2n) is 3.88. The Morgan fingerprint density at radius 1 is 1.53 bits per heavy atom.